The first-order valence-corrected chi connectivity index (χ1v) is 10.9. The van der Waals surface area contributed by atoms with Gasteiger partial charge in [0.15, 0.2) is 0 Å². The van der Waals surface area contributed by atoms with E-state index in [-0.39, 0.29) is 35.6 Å². The second kappa shape index (κ2) is 11.1. The van der Waals surface area contributed by atoms with Crippen molar-refractivity contribution >= 4 is 15.9 Å². The molecule has 2 aromatic carbocycles. The number of methoxy groups -OCH3 is 2. The van der Waals surface area contributed by atoms with Gasteiger partial charge in [-0.2, -0.15) is 0 Å². The van der Waals surface area contributed by atoms with E-state index in [0.29, 0.717) is 6.54 Å². The summed E-state index contributed by atoms with van der Waals surface area (Å²) in [7, 11) is 3.24. The number of likely N-dealkylation sites (N-methyl/N-ethyl adjacent to an activating group) is 1. The maximum absolute atomic E-state index is 12.7. The molecule has 2 aromatic rings. The largest absolute Gasteiger partial charge is 0.497 e. The molecule has 1 unspecified atom stereocenters. The van der Waals surface area contributed by atoms with Crippen molar-refractivity contribution in [3.8, 4) is 5.75 Å². The Morgan fingerprint density at radius 3 is 2.50 bits per heavy atom. The van der Waals surface area contributed by atoms with Crippen molar-refractivity contribution in [2.75, 3.05) is 48.0 Å². The van der Waals surface area contributed by atoms with Crippen LogP contribution in [0.1, 0.15) is 22.0 Å². The Bertz CT molecular complexity index is 947. The van der Waals surface area contributed by atoms with E-state index in [1.165, 1.54) is 19.2 Å². The topological polar surface area (TPSA) is 97.0 Å². The van der Waals surface area contributed by atoms with Gasteiger partial charge in [-0.1, -0.05) is 18.2 Å². The molecule has 0 bridgehead atoms. The first kappa shape index (κ1) is 23.8. The van der Waals surface area contributed by atoms with Crippen LogP contribution in [0, 0.1) is 0 Å². The minimum absolute atomic E-state index is 0.0307. The van der Waals surface area contributed by atoms with Crippen LogP contribution >= 0.6 is 0 Å². The summed E-state index contributed by atoms with van der Waals surface area (Å²) >= 11 is 0. The van der Waals surface area contributed by atoms with E-state index in [9.17, 15) is 13.2 Å². The molecular formula is C21H29N3O5S. The molecule has 164 valence electrons. The molecule has 0 aliphatic carbocycles. The number of ether oxygens (including phenoxy) is 2. The fraction of sp³-hybridized carbons (Fsp3) is 0.381. The van der Waals surface area contributed by atoms with Gasteiger partial charge in [-0.25, -0.2) is 13.1 Å². The van der Waals surface area contributed by atoms with Gasteiger partial charge in [0.1, 0.15) is 5.75 Å². The van der Waals surface area contributed by atoms with E-state index in [0.717, 1.165) is 11.3 Å². The molecule has 9 heteroatoms. The van der Waals surface area contributed by atoms with Crippen molar-refractivity contribution < 1.29 is 22.7 Å². The third kappa shape index (κ3) is 6.53. The van der Waals surface area contributed by atoms with E-state index < -0.39 is 10.0 Å². The van der Waals surface area contributed by atoms with Gasteiger partial charge in [0.25, 0.3) is 5.91 Å². The number of sulfonamides is 1. The minimum atomic E-state index is -3.72. The summed E-state index contributed by atoms with van der Waals surface area (Å²) in [4.78, 5) is 14.7. The number of hydrogen-bond donors (Lipinski definition) is 2. The lowest BCUT2D eigenvalue weighted by Crippen LogP contribution is -2.34. The predicted molar refractivity (Wildman–Crippen MR) is 115 cm³/mol. The van der Waals surface area contributed by atoms with Gasteiger partial charge in [0.2, 0.25) is 10.0 Å². The van der Waals surface area contributed by atoms with E-state index in [1.807, 2.05) is 43.3 Å². The van der Waals surface area contributed by atoms with Crippen molar-refractivity contribution in [3.63, 3.8) is 0 Å². The van der Waals surface area contributed by atoms with Gasteiger partial charge in [0.05, 0.1) is 24.7 Å². The summed E-state index contributed by atoms with van der Waals surface area (Å²) in [5, 5.41) is 2.89. The van der Waals surface area contributed by atoms with Crippen LogP contribution in [0.15, 0.2) is 53.4 Å². The number of rotatable bonds is 11. The zero-order chi connectivity index (χ0) is 22.1. The zero-order valence-electron chi connectivity index (χ0n) is 17.7. The molecule has 1 atom stereocenters. The quantitative estimate of drug-likeness (QED) is 0.521. The van der Waals surface area contributed by atoms with Crippen LogP contribution < -0.4 is 14.8 Å². The van der Waals surface area contributed by atoms with Crippen molar-refractivity contribution in [1.29, 1.82) is 0 Å². The number of carbonyl (C=O) groups is 1. The maximum atomic E-state index is 12.7. The maximum Gasteiger partial charge on any atom is 0.251 e. The second-order valence-corrected chi connectivity index (χ2v) is 8.65. The van der Waals surface area contributed by atoms with Crippen LogP contribution in [0.5, 0.6) is 5.75 Å². The highest BCUT2D eigenvalue weighted by Gasteiger charge is 2.19. The number of nitrogens with zero attached hydrogens (tertiary/aromatic N) is 1. The molecular weight excluding hydrogens is 406 g/mol. The smallest absolute Gasteiger partial charge is 0.251 e. The van der Waals surface area contributed by atoms with Gasteiger partial charge >= 0.3 is 0 Å². The van der Waals surface area contributed by atoms with E-state index in [2.05, 4.69) is 10.0 Å². The Morgan fingerprint density at radius 1 is 1.10 bits per heavy atom. The molecule has 2 N–H and O–H groups in total. The summed E-state index contributed by atoms with van der Waals surface area (Å²) in [6, 6.07) is 13.5. The number of hydrogen-bond acceptors (Lipinski definition) is 6. The normalized spacial score (nSPS) is 12.6. The molecule has 0 saturated heterocycles. The fourth-order valence-electron chi connectivity index (χ4n) is 2.90. The molecule has 2 rings (SSSR count). The van der Waals surface area contributed by atoms with Gasteiger partial charge in [-0.15, -0.1) is 0 Å². The highest BCUT2D eigenvalue weighted by molar-refractivity contribution is 7.89. The lowest BCUT2D eigenvalue weighted by molar-refractivity contribution is 0.0941. The Balaban J connectivity index is 2.11. The van der Waals surface area contributed by atoms with Gasteiger partial charge in [-0.05, 0) is 50.0 Å². The lowest BCUT2D eigenvalue weighted by Gasteiger charge is -2.25. The van der Waals surface area contributed by atoms with E-state index in [4.69, 9.17) is 9.47 Å². The van der Waals surface area contributed by atoms with Gasteiger partial charge in [0, 0.05) is 25.8 Å². The van der Waals surface area contributed by atoms with E-state index in [1.54, 1.807) is 19.2 Å². The summed E-state index contributed by atoms with van der Waals surface area (Å²) in [6.07, 6.45) is 0. The molecule has 0 radical (unpaired) electrons. The van der Waals surface area contributed by atoms with Crippen molar-refractivity contribution in [3.05, 3.63) is 59.7 Å². The number of benzene rings is 2. The summed E-state index contributed by atoms with van der Waals surface area (Å²) < 4.78 is 37.3. The minimum Gasteiger partial charge on any atom is -0.497 e. The van der Waals surface area contributed by atoms with Crippen LogP contribution in [-0.2, 0) is 14.8 Å². The molecule has 1 amide bonds. The average Bonchev–Trinajstić information content (AvgIpc) is 2.74. The fourth-order valence-corrected chi connectivity index (χ4v) is 3.96. The third-order valence-corrected chi connectivity index (χ3v) is 6.02. The van der Waals surface area contributed by atoms with Crippen LogP contribution in [0.25, 0.3) is 0 Å². The molecule has 0 saturated carbocycles. The third-order valence-electron chi connectivity index (χ3n) is 4.56. The molecule has 8 nitrogen and oxygen atoms in total. The monoisotopic (exact) mass is 435 g/mol. The van der Waals surface area contributed by atoms with Gasteiger partial charge < -0.3 is 19.7 Å². The molecule has 0 spiro atoms. The second-order valence-electron chi connectivity index (χ2n) is 6.88. The van der Waals surface area contributed by atoms with Crippen LogP contribution in [0.2, 0.25) is 0 Å². The molecule has 0 aliphatic heterocycles. The molecule has 0 fully saturated rings. The Hall–Kier alpha value is -2.46. The average molecular weight is 436 g/mol. The standard InChI is InChI=1S/C21H29N3O5S/c1-24(2)20(16-7-5-9-18(13-16)29-4)15-22-21(25)17-8-6-10-19(14-17)30(26,27)23-11-12-28-3/h5-10,13-14,20,23H,11-12,15H2,1-4H3,(H,22,25). The number of carbonyl (C=O) groups excluding carboxylic acids is 1. The first-order valence-electron chi connectivity index (χ1n) is 9.45. The van der Waals surface area contributed by atoms with Gasteiger partial charge in [-0.3, -0.25) is 4.79 Å². The predicted octanol–water partition coefficient (Wildman–Crippen LogP) is 1.65. The highest BCUT2D eigenvalue weighted by Crippen LogP contribution is 2.22. The molecule has 0 aromatic heterocycles. The molecule has 0 heterocycles. The SMILES string of the molecule is COCCNS(=O)(=O)c1cccc(C(=O)NCC(c2cccc(OC)c2)N(C)C)c1. The Morgan fingerprint density at radius 2 is 1.83 bits per heavy atom. The van der Waals surface area contributed by atoms with Crippen molar-refractivity contribution in [2.45, 2.75) is 10.9 Å². The van der Waals surface area contributed by atoms with Crippen molar-refractivity contribution in [2.24, 2.45) is 0 Å². The Labute approximate surface area is 178 Å². The summed E-state index contributed by atoms with van der Waals surface area (Å²) in [5.41, 5.74) is 1.27. The molecule has 30 heavy (non-hydrogen) atoms. The van der Waals surface area contributed by atoms with Crippen LogP contribution in [0.3, 0.4) is 0 Å². The van der Waals surface area contributed by atoms with Crippen LogP contribution in [-0.4, -0.2) is 67.2 Å². The lowest BCUT2D eigenvalue weighted by atomic mass is 10.1. The zero-order valence-corrected chi connectivity index (χ0v) is 18.5. The summed E-state index contributed by atoms with van der Waals surface area (Å²) in [5.74, 6) is 0.392. The molecule has 0 aliphatic rings. The van der Waals surface area contributed by atoms with Crippen molar-refractivity contribution in [1.82, 2.24) is 14.9 Å². The summed E-state index contributed by atoms with van der Waals surface area (Å²) in [6.45, 7) is 0.762. The first-order chi connectivity index (χ1) is 14.3. The number of amides is 1. The van der Waals surface area contributed by atoms with E-state index >= 15 is 0 Å². The highest BCUT2D eigenvalue weighted by atomic mass is 32.2. The Kier molecular flexibility index (Phi) is 8.79. The number of nitrogens with one attached hydrogen (secondary N) is 2. The van der Waals surface area contributed by atoms with Crippen LogP contribution in [0.4, 0.5) is 0 Å².